The summed E-state index contributed by atoms with van der Waals surface area (Å²) in [6.45, 7) is 1.16. The summed E-state index contributed by atoms with van der Waals surface area (Å²) in [7, 11) is 1.78. The Kier molecular flexibility index (Phi) is 5.50. The van der Waals surface area contributed by atoms with Gasteiger partial charge in [0.25, 0.3) is 11.5 Å². The Balaban J connectivity index is 1.37. The molecule has 3 aromatic heterocycles. The number of aromatic nitrogens is 6. The molecule has 172 valence electrons. The van der Waals surface area contributed by atoms with Crippen molar-refractivity contribution in [2.24, 2.45) is 18.2 Å². The second kappa shape index (κ2) is 8.64. The maximum atomic E-state index is 13.1. The van der Waals surface area contributed by atoms with Crippen molar-refractivity contribution < 1.29 is 9.53 Å². The molecule has 1 aromatic carbocycles. The van der Waals surface area contributed by atoms with E-state index >= 15 is 0 Å². The summed E-state index contributed by atoms with van der Waals surface area (Å²) in [4.78, 5) is 34.2. The predicted octanol–water partition coefficient (Wildman–Crippen LogP) is 1.91. The average Bonchev–Trinajstić information content (AvgIpc) is 3.54. The lowest BCUT2D eigenvalue weighted by atomic mass is 10.1. The fourth-order valence-electron chi connectivity index (χ4n) is 3.54. The third-order valence-corrected chi connectivity index (χ3v) is 5.92. The van der Waals surface area contributed by atoms with Crippen LogP contribution in [-0.4, -0.2) is 48.6 Å². The molecule has 0 atom stereocenters. The zero-order valence-corrected chi connectivity index (χ0v) is 18.6. The van der Waals surface area contributed by atoms with E-state index in [1.807, 2.05) is 0 Å². The Labute approximate surface area is 195 Å². The summed E-state index contributed by atoms with van der Waals surface area (Å²) in [6, 6.07) is 9.64. The van der Waals surface area contributed by atoms with Gasteiger partial charge in [-0.05, 0) is 31.0 Å². The minimum Gasteiger partial charge on any atom is -0.490 e. The molecule has 0 unspecified atom stereocenters. The summed E-state index contributed by atoms with van der Waals surface area (Å²) in [5, 5.41) is 8.35. The van der Waals surface area contributed by atoms with E-state index in [1.165, 1.54) is 6.07 Å². The molecule has 0 saturated heterocycles. The summed E-state index contributed by atoms with van der Waals surface area (Å²) < 4.78 is 8.26. The SMILES string of the molecule is Cn1cc(-c2ccc(=O)n(C(=O)c3cccc(-c4ncc(OCC5(CN)CC5)cn4)c3)n2)cn1. The molecule has 34 heavy (non-hydrogen) atoms. The maximum Gasteiger partial charge on any atom is 0.281 e. The van der Waals surface area contributed by atoms with E-state index in [9.17, 15) is 9.59 Å². The van der Waals surface area contributed by atoms with Gasteiger partial charge in [0.15, 0.2) is 11.6 Å². The molecule has 0 spiro atoms. The minimum absolute atomic E-state index is 0.0911. The fraction of sp³-hybridized carbons (Fsp3) is 0.250. The van der Waals surface area contributed by atoms with Crippen molar-refractivity contribution >= 4 is 5.91 Å². The Morgan fingerprint density at radius 1 is 1.12 bits per heavy atom. The first-order valence-corrected chi connectivity index (χ1v) is 10.9. The molecule has 1 saturated carbocycles. The molecule has 2 N–H and O–H groups in total. The van der Waals surface area contributed by atoms with Gasteiger partial charge < -0.3 is 10.5 Å². The zero-order valence-electron chi connectivity index (χ0n) is 18.6. The maximum absolute atomic E-state index is 13.1. The molecule has 10 heteroatoms. The lowest BCUT2D eigenvalue weighted by molar-refractivity contribution is 0.0939. The van der Waals surface area contributed by atoms with Crippen molar-refractivity contribution in [3.63, 3.8) is 0 Å². The lowest BCUT2D eigenvalue weighted by Gasteiger charge is -2.13. The van der Waals surface area contributed by atoms with Gasteiger partial charge in [0.05, 0.1) is 30.9 Å². The van der Waals surface area contributed by atoms with Crippen LogP contribution in [0.5, 0.6) is 5.75 Å². The molecule has 1 aliphatic carbocycles. The van der Waals surface area contributed by atoms with Gasteiger partial charge in [-0.1, -0.05) is 12.1 Å². The van der Waals surface area contributed by atoms with Gasteiger partial charge in [0, 0.05) is 48.0 Å². The van der Waals surface area contributed by atoms with Gasteiger partial charge in [-0.3, -0.25) is 14.3 Å². The highest BCUT2D eigenvalue weighted by Crippen LogP contribution is 2.44. The Morgan fingerprint density at radius 2 is 1.91 bits per heavy atom. The monoisotopic (exact) mass is 457 g/mol. The molecule has 10 nitrogen and oxygen atoms in total. The third-order valence-electron chi connectivity index (χ3n) is 5.92. The van der Waals surface area contributed by atoms with E-state index in [4.69, 9.17) is 10.5 Å². The Morgan fingerprint density at radius 3 is 2.59 bits per heavy atom. The smallest absolute Gasteiger partial charge is 0.281 e. The van der Waals surface area contributed by atoms with Gasteiger partial charge in [-0.15, -0.1) is 0 Å². The van der Waals surface area contributed by atoms with Crippen LogP contribution in [0.2, 0.25) is 0 Å². The standard InChI is InChI=1S/C24H23N7O3/c1-30-13-18(10-28-30)20-5-6-21(32)31(29-20)23(33)17-4-2-3-16(9-17)22-26-11-19(12-27-22)34-15-24(14-25)7-8-24/h2-6,9-13H,7-8,14-15,25H2,1H3. The number of hydrogen-bond donors (Lipinski definition) is 1. The summed E-state index contributed by atoms with van der Waals surface area (Å²) >= 11 is 0. The highest BCUT2D eigenvalue weighted by atomic mass is 16.5. The predicted molar refractivity (Wildman–Crippen MR) is 124 cm³/mol. The van der Waals surface area contributed by atoms with Crippen molar-refractivity contribution in [2.45, 2.75) is 12.8 Å². The van der Waals surface area contributed by atoms with Crippen LogP contribution in [0, 0.1) is 5.41 Å². The highest BCUT2D eigenvalue weighted by molar-refractivity contribution is 5.96. The van der Waals surface area contributed by atoms with Crippen molar-refractivity contribution in [1.82, 2.24) is 29.5 Å². The molecular weight excluding hydrogens is 434 g/mol. The molecule has 4 aromatic rings. The van der Waals surface area contributed by atoms with Gasteiger partial charge >= 0.3 is 0 Å². The van der Waals surface area contributed by atoms with Gasteiger partial charge in [-0.2, -0.15) is 14.9 Å². The van der Waals surface area contributed by atoms with E-state index in [1.54, 1.807) is 66.8 Å². The quantitative estimate of drug-likeness (QED) is 0.445. The van der Waals surface area contributed by atoms with Crippen LogP contribution < -0.4 is 16.0 Å². The topological polar surface area (TPSA) is 131 Å². The number of nitrogens with zero attached hydrogens (tertiary/aromatic N) is 6. The number of carbonyl (C=O) groups is 1. The third kappa shape index (κ3) is 4.35. The molecule has 0 aliphatic heterocycles. The normalized spacial score (nSPS) is 14.1. The first-order valence-electron chi connectivity index (χ1n) is 10.9. The number of benzene rings is 1. The van der Waals surface area contributed by atoms with Gasteiger partial charge in [0.2, 0.25) is 0 Å². The van der Waals surface area contributed by atoms with Gasteiger partial charge in [0.1, 0.15) is 0 Å². The molecule has 0 radical (unpaired) electrons. The summed E-state index contributed by atoms with van der Waals surface area (Å²) in [5.41, 5.74) is 7.46. The first-order chi connectivity index (χ1) is 16.5. The second-order valence-corrected chi connectivity index (χ2v) is 8.49. The molecule has 0 amide bonds. The lowest BCUT2D eigenvalue weighted by Crippen LogP contribution is -2.29. The molecule has 3 heterocycles. The van der Waals surface area contributed by atoms with Gasteiger partial charge in [-0.25, -0.2) is 9.97 Å². The molecular formula is C24H23N7O3. The molecule has 0 bridgehead atoms. The molecule has 1 aliphatic rings. The zero-order chi connectivity index (χ0) is 23.7. The highest BCUT2D eigenvalue weighted by Gasteiger charge is 2.42. The van der Waals surface area contributed by atoms with Crippen molar-refractivity contribution in [1.29, 1.82) is 0 Å². The number of rotatable bonds is 7. The van der Waals surface area contributed by atoms with Crippen LogP contribution in [0.4, 0.5) is 0 Å². The van der Waals surface area contributed by atoms with Crippen LogP contribution >= 0.6 is 0 Å². The fourth-order valence-corrected chi connectivity index (χ4v) is 3.54. The van der Waals surface area contributed by atoms with E-state index in [-0.39, 0.29) is 11.0 Å². The van der Waals surface area contributed by atoms with E-state index in [2.05, 4.69) is 20.2 Å². The average molecular weight is 457 g/mol. The van der Waals surface area contributed by atoms with E-state index in [0.717, 1.165) is 17.5 Å². The van der Waals surface area contributed by atoms with Crippen molar-refractivity contribution in [3.8, 4) is 28.4 Å². The van der Waals surface area contributed by atoms with E-state index < -0.39 is 11.5 Å². The van der Waals surface area contributed by atoms with Crippen molar-refractivity contribution in [3.05, 3.63) is 77.1 Å². The van der Waals surface area contributed by atoms with Crippen LogP contribution in [0.25, 0.3) is 22.6 Å². The summed E-state index contributed by atoms with van der Waals surface area (Å²) in [5.74, 6) is 0.458. The number of nitrogens with two attached hydrogens (primary N) is 1. The first kappa shape index (κ1) is 21.7. The van der Waals surface area contributed by atoms with Crippen LogP contribution in [0.3, 0.4) is 0 Å². The Hall–Kier alpha value is -4.18. The minimum atomic E-state index is -0.547. The number of hydrogen-bond acceptors (Lipinski definition) is 8. The van der Waals surface area contributed by atoms with Crippen LogP contribution in [0.15, 0.2) is 66.0 Å². The van der Waals surface area contributed by atoms with Crippen molar-refractivity contribution in [2.75, 3.05) is 13.2 Å². The van der Waals surface area contributed by atoms with Crippen LogP contribution in [-0.2, 0) is 7.05 Å². The Bertz CT molecular complexity index is 1400. The molecule has 1 fully saturated rings. The summed E-state index contributed by atoms with van der Waals surface area (Å²) in [6.07, 6.45) is 8.74. The number of aryl methyl sites for hydroxylation is 1. The number of carbonyl (C=O) groups excluding carboxylic acids is 1. The molecule has 5 rings (SSSR count). The van der Waals surface area contributed by atoms with Crippen LogP contribution in [0.1, 0.15) is 23.2 Å². The largest absolute Gasteiger partial charge is 0.490 e. The second-order valence-electron chi connectivity index (χ2n) is 8.49. The van der Waals surface area contributed by atoms with E-state index in [0.29, 0.717) is 41.5 Å². The number of ether oxygens (including phenoxy) is 1.